The molecule has 0 saturated carbocycles. The lowest BCUT2D eigenvalue weighted by molar-refractivity contribution is -0.386. The Kier molecular flexibility index (Phi) is 4.12. The van der Waals surface area contributed by atoms with Crippen LogP contribution in [-0.2, 0) is 6.42 Å². The van der Waals surface area contributed by atoms with Gasteiger partial charge < -0.3 is 0 Å². The number of aryl methyl sites for hydroxylation is 1. The van der Waals surface area contributed by atoms with Crippen molar-refractivity contribution >= 4 is 40.2 Å². The summed E-state index contributed by atoms with van der Waals surface area (Å²) in [6, 6.07) is 13.6. The molecule has 2 aromatic carbocycles. The first-order valence-corrected chi connectivity index (χ1v) is 8.03. The maximum atomic E-state index is 11.3. The average Bonchev–Trinajstić information content (AvgIpc) is 2.96. The van der Waals surface area contributed by atoms with Crippen LogP contribution in [0.5, 0.6) is 0 Å². The summed E-state index contributed by atoms with van der Waals surface area (Å²) in [5.74, 6) is 0.786. The number of hydrogen-bond acceptors (Lipinski definition) is 6. The largest absolute Gasteiger partial charge is 0.311 e. The molecule has 0 aliphatic rings. The predicted octanol–water partition coefficient (Wildman–Crippen LogP) is 3.93. The van der Waals surface area contributed by atoms with Crippen molar-refractivity contribution < 1.29 is 4.92 Å². The lowest BCUT2D eigenvalue weighted by Crippen LogP contribution is -1.94. The van der Waals surface area contributed by atoms with Gasteiger partial charge in [0.05, 0.1) is 21.5 Å². The average molecular weight is 317 g/mol. The monoisotopic (exact) mass is 317 g/mol. The molecule has 106 valence electrons. The minimum atomic E-state index is -0.366. The molecule has 0 aliphatic heterocycles. The summed E-state index contributed by atoms with van der Waals surface area (Å²) in [4.78, 5) is 11.6. The van der Waals surface area contributed by atoms with Crippen LogP contribution in [0.4, 0.5) is 5.69 Å². The molecule has 1 aromatic heterocycles. The Hall–Kier alpha value is -1.99. The van der Waals surface area contributed by atoms with Crippen LogP contribution in [0.3, 0.4) is 0 Å². The molecule has 0 aliphatic carbocycles. The van der Waals surface area contributed by atoms with Gasteiger partial charge in [0, 0.05) is 5.75 Å². The number of benzene rings is 2. The number of thioether (sulfide) groups is 1. The standard InChI is InChI=1S/C14H11N3O2S2/c18-17(19)14-12(7-6-11-13(14)16-21-15-11)20-9-8-10-4-2-1-3-5-10/h1-7H,8-9H2. The molecule has 0 bridgehead atoms. The van der Waals surface area contributed by atoms with Crippen LogP contribution in [0.1, 0.15) is 5.56 Å². The molecule has 7 heteroatoms. The van der Waals surface area contributed by atoms with Crippen LogP contribution in [0.25, 0.3) is 11.0 Å². The Balaban J connectivity index is 1.80. The fraction of sp³-hybridized carbons (Fsp3) is 0.143. The lowest BCUT2D eigenvalue weighted by atomic mass is 10.2. The van der Waals surface area contributed by atoms with Gasteiger partial charge in [-0.3, -0.25) is 10.1 Å². The van der Waals surface area contributed by atoms with E-state index in [4.69, 9.17) is 0 Å². The second-order valence-corrected chi connectivity index (χ2v) is 6.05. The molecule has 0 spiro atoms. The Labute approximate surface area is 129 Å². The Morgan fingerprint density at radius 2 is 1.95 bits per heavy atom. The highest BCUT2D eigenvalue weighted by Gasteiger charge is 2.21. The molecule has 21 heavy (non-hydrogen) atoms. The van der Waals surface area contributed by atoms with E-state index in [2.05, 4.69) is 20.9 Å². The first-order valence-electron chi connectivity index (χ1n) is 6.32. The topological polar surface area (TPSA) is 68.9 Å². The predicted molar refractivity (Wildman–Crippen MR) is 84.9 cm³/mol. The van der Waals surface area contributed by atoms with Gasteiger partial charge >= 0.3 is 5.69 Å². The number of aromatic nitrogens is 2. The third kappa shape index (κ3) is 3.03. The maximum absolute atomic E-state index is 11.3. The van der Waals surface area contributed by atoms with E-state index in [0.717, 1.165) is 23.9 Å². The molecule has 3 aromatic rings. The van der Waals surface area contributed by atoms with Crippen molar-refractivity contribution in [1.82, 2.24) is 8.75 Å². The summed E-state index contributed by atoms with van der Waals surface area (Å²) >= 11 is 2.48. The van der Waals surface area contributed by atoms with Crippen LogP contribution in [0.15, 0.2) is 47.4 Å². The number of fused-ring (bicyclic) bond motifs is 1. The molecule has 0 amide bonds. The first kappa shape index (κ1) is 14.0. The van der Waals surface area contributed by atoms with Crippen LogP contribution in [0.2, 0.25) is 0 Å². The van der Waals surface area contributed by atoms with E-state index in [1.807, 2.05) is 18.2 Å². The summed E-state index contributed by atoms with van der Waals surface area (Å²) in [6.45, 7) is 0. The Morgan fingerprint density at radius 1 is 1.14 bits per heavy atom. The Bertz CT molecular complexity index is 774. The SMILES string of the molecule is O=[N+]([O-])c1c(SCCc2ccccc2)ccc2nsnc12. The minimum absolute atomic E-state index is 0.0688. The van der Waals surface area contributed by atoms with Crippen molar-refractivity contribution in [3.05, 3.63) is 58.1 Å². The van der Waals surface area contributed by atoms with Gasteiger partial charge in [0.15, 0.2) is 5.52 Å². The summed E-state index contributed by atoms with van der Waals surface area (Å²) < 4.78 is 8.09. The van der Waals surface area contributed by atoms with Gasteiger partial charge in [0.2, 0.25) is 0 Å². The quantitative estimate of drug-likeness (QED) is 0.405. The van der Waals surface area contributed by atoms with Gasteiger partial charge in [0.1, 0.15) is 5.52 Å². The van der Waals surface area contributed by atoms with Crippen molar-refractivity contribution in [2.75, 3.05) is 5.75 Å². The molecule has 0 radical (unpaired) electrons. The van der Waals surface area contributed by atoms with Gasteiger partial charge in [-0.15, -0.1) is 11.8 Å². The molecule has 5 nitrogen and oxygen atoms in total. The van der Waals surface area contributed by atoms with Crippen LogP contribution in [-0.4, -0.2) is 19.4 Å². The fourth-order valence-electron chi connectivity index (χ4n) is 2.04. The first-order chi connectivity index (χ1) is 10.3. The number of rotatable bonds is 5. The van der Waals surface area contributed by atoms with Crippen molar-refractivity contribution in [1.29, 1.82) is 0 Å². The molecule has 1 heterocycles. The highest BCUT2D eigenvalue weighted by atomic mass is 32.2. The van der Waals surface area contributed by atoms with Crippen molar-refractivity contribution in [2.45, 2.75) is 11.3 Å². The van der Waals surface area contributed by atoms with E-state index in [1.165, 1.54) is 17.3 Å². The third-order valence-electron chi connectivity index (χ3n) is 3.04. The van der Waals surface area contributed by atoms with Gasteiger partial charge in [-0.25, -0.2) is 0 Å². The second kappa shape index (κ2) is 6.19. The molecule has 3 rings (SSSR count). The van der Waals surface area contributed by atoms with Crippen LogP contribution < -0.4 is 0 Å². The molecule has 0 fully saturated rings. The molecular weight excluding hydrogens is 306 g/mol. The van der Waals surface area contributed by atoms with Gasteiger partial charge in [-0.2, -0.15) is 8.75 Å². The summed E-state index contributed by atoms with van der Waals surface area (Å²) in [5, 5.41) is 11.3. The molecular formula is C14H11N3O2S2. The lowest BCUT2D eigenvalue weighted by Gasteiger charge is -2.03. The fourth-order valence-corrected chi connectivity index (χ4v) is 3.60. The summed E-state index contributed by atoms with van der Waals surface area (Å²) in [5.41, 5.74) is 2.26. The zero-order valence-electron chi connectivity index (χ0n) is 10.9. The zero-order chi connectivity index (χ0) is 14.7. The molecule has 0 saturated heterocycles. The second-order valence-electron chi connectivity index (χ2n) is 4.39. The van der Waals surface area contributed by atoms with Crippen molar-refractivity contribution in [3.63, 3.8) is 0 Å². The van der Waals surface area contributed by atoms with Crippen LogP contribution >= 0.6 is 23.5 Å². The van der Waals surface area contributed by atoms with E-state index < -0.39 is 0 Å². The molecule has 0 N–H and O–H groups in total. The zero-order valence-corrected chi connectivity index (χ0v) is 12.6. The van der Waals surface area contributed by atoms with E-state index in [1.54, 1.807) is 12.1 Å². The Morgan fingerprint density at radius 3 is 2.71 bits per heavy atom. The van der Waals surface area contributed by atoms with E-state index in [9.17, 15) is 10.1 Å². The number of nitro benzene ring substituents is 1. The maximum Gasteiger partial charge on any atom is 0.311 e. The smallest absolute Gasteiger partial charge is 0.258 e. The van der Waals surface area contributed by atoms with E-state index >= 15 is 0 Å². The minimum Gasteiger partial charge on any atom is -0.258 e. The number of nitrogens with zero attached hydrogens (tertiary/aromatic N) is 3. The molecule has 0 atom stereocenters. The number of hydrogen-bond donors (Lipinski definition) is 0. The normalized spacial score (nSPS) is 10.9. The third-order valence-corrected chi connectivity index (χ3v) is 4.63. The van der Waals surface area contributed by atoms with Gasteiger partial charge in [0.25, 0.3) is 0 Å². The van der Waals surface area contributed by atoms with Crippen molar-refractivity contribution in [2.24, 2.45) is 0 Å². The highest BCUT2D eigenvalue weighted by molar-refractivity contribution is 7.99. The van der Waals surface area contributed by atoms with Crippen LogP contribution in [0, 0.1) is 10.1 Å². The highest BCUT2D eigenvalue weighted by Crippen LogP contribution is 2.35. The van der Waals surface area contributed by atoms with Gasteiger partial charge in [-0.1, -0.05) is 30.3 Å². The van der Waals surface area contributed by atoms with E-state index in [0.29, 0.717) is 15.9 Å². The van der Waals surface area contributed by atoms with Gasteiger partial charge in [-0.05, 0) is 24.1 Å². The summed E-state index contributed by atoms with van der Waals surface area (Å²) in [6.07, 6.45) is 0.871. The molecule has 0 unspecified atom stereocenters. The van der Waals surface area contributed by atoms with E-state index in [-0.39, 0.29) is 10.6 Å². The number of nitro groups is 1. The van der Waals surface area contributed by atoms with Crippen molar-refractivity contribution in [3.8, 4) is 0 Å². The summed E-state index contributed by atoms with van der Waals surface area (Å²) in [7, 11) is 0.